The van der Waals surface area contributed by atoms with Crippen molar-refractivity contribution in [3.63, 3.8) is 0 Å². The molecule has 0 fully saturated rings. The van der Waals surface area contributed by atoms with Crippen molar-refractivity contribution >= 4 is 0 Å². The van der Waals surface area contributed by atoms with Crippen molar-refractivity contribution in [1.82, 2.24) is 20.4 Å². The molecule has 0 aliphatic heterocycles. The molecule has 0 bridgehead atoms. The Balaban J connectivity index is 1.99. The van der Waals surface area contributed by atoms with Crippen LogP contribution in [0.3, 0.4) is 0 Å². The fraction of sp³-hybridized carbons (Fsp3) is 0.500. The van der Waals surface area contributed by atoms with Gasteiger partial charge in [0.2, 0.25) is 0 Å². The first-order valence-corrected chi connectivity index (χ1v) is 7.83. The zero-order valence-corrected chi connectivity index (χ0v) is 14.4. The molecule has 2 N–H and O–H groups in total. The first-order valence-electron chi connectivity index (χ1n) is 7.83. The van der Waals surface area contributed by atoms with Crippen LogP contribution in [0, 0.1) is 0 Å². The lowest BCUT2D eigenvalue weighted by atomic mass is 9.89. The number of benzene rings is 1. The van der Waals surface area contributed by atoms with Gasteiger partial charge in [0.25, 0.3) is 0 Å². The number of aromatic nitrogens is 2. The van der Waals surface area contributed by atoms with Gasteiger partial charge in [-0.1, -0.05) is 45.0 Å². The Morgan fingerprint density at radius 2 is 1.68 bits per heavy atom. The van der Waals surface area contributed by atoms with Gasteiger partial charge in [0, 0.05) is 36.3 Å². The number of nitrogens with zero attached hydrogens (tertiary/aromatic N) is 2. The van der Waals surface area contributed by atoms with Crippen molar-refractivity contribution in [2.75, 3.05) is 14.1 Å². The van der Waals surface area contributed by atoms with Crippen LogP contribution in [0.1, 0.15) is 43.2 Å². The topological polar surface area (TPSA) is 44.0 Å². The highest BCUT2D eigenvalue weighted by Crippen LogP contribution is 2.23. The second kappa shape index (κ2) is 7.07. The molecule has 1 aromatic carbocycles. The summed E-state index contributed by atoms with van der Waals surface area (Å²) in [6.07, 6.45) is 1.93. The predicted octanol–water partition coefficient (Wildman–Crippen LogP) is 3.06. The van der Waals surface area contributed by atoms with Crippen LogP contribution >= 0.6 is 0 Å². The van der Waals surface area contributed by atoms with Crippen LogP contribution in [0.5, 0.6) is 0 Å². The van der Waals surface area contributed by atoms with E-state index in [2.05, 4.69) is 79.5 Å². The Hall–Kier alpha value is -1.65. The lowest BCUT2D eigenvalue weighted by Crippen LogP contribution is -2.20. The summed E-state index contributed by atoms with van der Waals surface area (Å²) in [4.78, 5) is 2.20. The number of aromatic amines is 1. The van der Waals surface area contributed by atoms with Crippen LogP contribution in [-0.4, -0.2) is 29.2 Å². The van der Waals surface area contributed by atoms with E-state index in [9.17, 15) is 0 Å². The third kappa shape index (κ3) is 4.42. The Labute approximate surface area is 133 Å². The molecule has 0 saturated carbocycles. The minimum atomic E-state index is 0.0936. The summed E-state index contributed by atoms with van der Waals surface area (Å²) in [7, 11) is 4.20. The van der Waals surface area contributed by atoms with Crippen LogP contribution < -0.4 is 5.32 Å². The number of hydrogen-bond acceptors (Lipinski definition) is 3. The van der Waals surface area contributed by atoms with Crippen LogP contribution in [0.15, 0.2) is 30.5 Å². The summed E-state index contributed by atoms with van der Waals surface area (Å²) in [6.45, 7) is 9.29. The van der Waals surface area contributed by atoms with Gasteiger partial charge in [-0.15, -0.1) is 0 Å². The summed E-state index contributed by atoms with van der Waals surface area (Å²) in [6, 6.07) is 8.62. The Morgan fingerprint density at radius 1 is 1.05 bits per heavy atom. The molecule has 0 unspecified atom stereocenters. The van der Waals surface area contributed by atoms with Gasteiger partial charge in [-0.2, -0.15) is 5.10 Å². The zero-order valence-electron chi connectivity index (χ0n) is 14.4. The molecule has 0 aliphatic carbocycles. The van der Waals surface area contributed by atoms with Gasteiger partial charge < -0.3 is 10.2 Å². The molecule has 22 heavy (non-hydrogen) atoms. The molecular weight excluding hydrogens is 272 g/mol. The highest BCUT2D eigenvalue weighted by Gasteiger charge is 2.19. The van der Waals surface area contributed by atoms with Crippen molar-refractivity contribution in [3.05, 3.63) is 52.8 Å². The molecule has 2 rings (SSSR count). The van der Waals surface area contributed by atoms with Crippen molar-refractivity contribution in [2.45, 2.75) is 45.8 Å². The molecule has 0 saturated heterocycles. The lowest BCUT2D eigenvalue weighted by molar-refractivity contribution is 0.400. The van der Waals surface area contributed by atoms with E-state index >= 15 is 0 Å². The molecule has 2 aromatic rings. The van der Waals surface area contributed by atoms with E-state index in [0.717, 1.165) is 19.6 Å². The third-order valence-corrected chi connectivity index (χ3v) is 3.70. The summed E-state index contributed by atoms with van der Waals surface area (Å²) in [5.41, 5.74) is 5.29. The molecule has 0 amide bonds. The molecule has 1 heterocycles. The fourth-order valence-corrected chi connectivity index (χ4v) is 2.65. The fourth-order valence-electron chi connectivity index (χ4n) is 2.65. The largest absolute Gasteiger partial charge is 0.308 e. The second-order valence-corrected chi connectivity index (χ2v) is 7.13. The second-order valence-electron chi connectivity index (χ2n) is 7.13. The monoisotopic (exact) mass is 300 g/mol. The standard InChI is InChI=1S/C18H28N4/c1-18(2,3)17-16(12-20-21-17)11-19-10-14-8-6-7-9-15(14)13-22(4)5/h6-9,12,19H,10-11,13H2,1-5H3,(H,20,21). The van der Waals surface area contributed by atoms with E-state index in [4.69, 9.17) is 0 Å². The van der Waals surface area contributed by atoms with Gasteiger partial charge >= 0.3 is 0 Å². The summed E-state index contributed by atoms with van der Waals surface area (Å²) >= 11 is 0. The zero-order chi connectivity index (χ0) is 16.2. The Morgan fingerprint density at radius 3 is 2.32 bits per heavy atom. The van der Waals surface area contributed by atoms with Crippen molar-refractivity contribution < 1.29 is 0 Å². The molecule has 0 aliphatic rings. The van der Waals surface area contributed by atoms with Gasteiger partial charge in [-0.25, -0.2) is 0 Å². The van der Waals surface area contributed by atoms with E-state index in [1.807, 2.05) is 6.20 Å². The Kier molecular flexibility index (Phi) is 5.37. The first-order chi connectivity index (χ1) is 10.4. The van der Waals surface area contributed by atoms with Crippen LogP contribution in [0.2, 0.25) is 0 Å². The molecule has 4 heteroatoms. The molecular formula is C18H28N4. The molecule has 4 nitrogen and oxygen atoms in total. The number of hydrogen-bond donors (Lipinski definition) is 2. The summed E-state index contributed by atoms with van der Waals surface area (Å²) in [5, 5.41) is 10.9. The van der Waals surface area contributed by atoms with Gasteiger partial charge in [-0.3, -0.25) is 5.10 Å². The normalized spacial score (nSPS) is 12.1. The van der Waals surface area contributed by atoms with Crippen molar-refractivity contribution in [2.24, 2.45) is 0 Å². The van der Waals surface area contributed by atoms with Crippen molar-refractivity contribution in [3.8, 4) is 0 Å². The predicted molar refractivity (Wildman–Crippen MR) is 91.7 cm³/mol. The van der Waals surface area contributed by atoms with E-state index in [1.54, 1.807) is 0 Å². The average Bonchev–Trinajstić information content (AvgIpc) is 2.88. The van der Waals surface area contributed by atoms with Crippen LogP contribution in [0.4, 0.5) is 0 Å². The minimum absolute atomic E-state index is 0.0936. The Bertz CT molecular complexity index is 593. The number of nitrogens with one attached hydrogen (secondary N) is 2. The van der Waals surface area contributed by atoms with E-state index in [-0.39, 0.29) is 5.41 Å². The third-order valence-electron chi connectivity index (χ3n) is 3.70. The van der Waals surface area contributed by atoms with Gasteiger partial charge in [0.1, 0.15) is 0 Å². The average molecular weight is 300 g/mol. The van der Waals surface area contributed by atoms with Gasteiger partial charge in [-0.05, 0) is 25.2 Å². The van der Waals surface area contributed by atoms with Crippen LogP contribution in [-0.2, 0) is 25.0 Å². The molecule has 0 radical (unpaired) electrons. The molecule has 1 aromatic heterocycles. The minimum Gasteiger partial charge on any atom is -0.308 e. The maximum absolute atomic E-state index is 4.20. The molecule has 0 spiro atoms. The molecule has 120 valence electrons. The summed E-state index contributed by atoms with van der Waals surface area (Å²) in [5.74, 6) is 0. The quantitative estimate of drug-likeness (QED) is 0.862. The van der Waals surface area contributed by atoms with E-state index in [0.29, 0.717) is 0 Å². The van der Waals surface area contributed by atoms with E-state index in [1.165, 1.54) is 22.4 Å². The summed E-state index contributed by atoms with van der Waals surface area (Å²) < 4.78 is 0. The number of H-pyrrole nitrogens is 1. The maximum atomic E-state index is 4.20. The van der Waals surface area contributed by atoms with Gasteiger partial charge in [0.15, 0.2) is 0 Å². The smallest absolute Gasteiger partial charge is 0.0535 e. The molecule has 0 atom stereocenters. The van der Waals surface area contributed by atoms with E-state index < -0.39 is 0 Å². The van der Waals surface area contributed by atoms with Gasteiger partial charge in [0.05, 0.1) is 6.20 Å². The lowest BCUT2D eigenvalue weighted by Gasteiger charge is -2.19. The maximum Gasteiger partial charge on any atom is 0.0535 e. The van der Waals surface area contributed by atoms with Crippen molar-refractivity contribution in [1.29, 1.82) is 0 Å². The SMILES string of the molecule is CN(C)Cc1ccccc1CNCc1cn[nH]c1C(C)(C)C. The number of rotatable bonds is 6. The highest BCUT2D eigenvalue weighted by molar-refractivity contribution is 5.27. The first kappa shape index (κ1) is 16.7. The highest BCUT2D eigenvalue weighted by atomic mass is 15.1. The van der Waals surface area contributed by atoms with Crippen LogP contribution in [0.25, 0.3) is 0 Å².